The molecule has 0 radical (unpaired) electrons. The Morgan fingerprint density at radius 1 is 1.16 bits per heavy atom. The average molecular weight is 375 g/mol. The number of fused-ring (bicyclic) bond motifs is 1. The minimum absolute atomic E-state index is 0.0951. The molecular formula is C17H17N3O3S2. The van der Waals surface area contributed by atoms with Crippen molar-refractivity contribution in [3.63, 3.8) is 0 Å². The predicted octanol–water partition coefficient (Wildman–Crippen LogP) is 2.48. The summed E-state index contributed by atoms with van der Waals surface area (Å²) in [6.07, 6.45) is -0.0951. The van der Waals surface area contributed by atoms with Crippen molar-refractivity contribution < 1.29 is 13.2 Å². The highest BCUT2D eigenvalue weighted by molar-refractivity contribution is 7.91. The lowest BCUT2D eigenvalue weighted by Gasteiger charge is -2.07. The first-order valence-corrected chi connectivity index (χ1v) is 10.1. The molecule has 6 nitrogen and oxygen atoms in total. The Morgan fingerprint density at radius 3 is 2.76 bits per heavy atom. The highest BCUT2D eigenvalue weighted by atomic mass is 32.2. The Bertz CT molecular complexity index is 1010. The number of aryl methyl sites for hydroxylation is 1. The van der Waals surface area contributed by atoms with Crippen LogP contribution >= 0.6 is 11.7 Å². The first-order chi connectivity index (χ1) is 12.0. The topological polar surface area (TPSA) is 89.0 Å². The summed E-state index contributed by atoms with van der Waals surface area (Å²) in [4.78, 5) is 12.1. The van der Waals surface area contributed by atoms with Crippen molar-refractivity contribution in [2.24, 2.45) is 0 Å². The summed E-state index contributed by atoms with van der Waals surface area (Å²) < 4.78 is 33.1. The molecule has 0 atom stereocenters. The van der Waals surface area contributed by atoms with Crippen molar-refractivity contribution in [1.29, 1.82) is 0 Å². The van der Waals surface area contributed by atoms with Crippen LogP contribution < -0.4 is 5.32 Å². The highest BCUT2D eigenvalue weighted by Gasteiger charge is 2.20. The first kappa shape index (κ1) is 17.5. The Hall–Kier alpha value is -2.32. The van der Waals surface area contributed by atoms with Crippen molar-refractivity contribution in [3.8, 4) is 0 Å². The number of rotatable bonds is 6. The van der Waals surface area contributed by atoms with Crippen LogP contribution in [0.1, 0.15) is 17.5 Å². The van der Waals surface area contributed by atoms with Crippen molar-refractivity contribution in [2.75, 3.05) is 5.75 Å². The number of hydrogen-bond donors (Lipinski definition) is 1. The number of hydrogen-bond acceptors (Lipinski definition) is 6. The van der Waals surface area contributed by atoms with E-state index >= 15 is 0 Å². The maximum Gasteiger partial charge on any atom is 0.221 e. The lowest BCUT2D eigenvalue weighted by Crippen LogP contribution is -2.25. The number of nitrogens with one attached hydrogen (secondary N) is 1. The molecule has 130 valence electrons. The molecule has 2 aromatic carbocycles. The van der Waals surface area contributed by atoms with Gasteiger partial charge in [-0.25, -0.2) is 8.42 Å². The van der Waals surface area contributed by atoms with Gasteiger partial charge in [0.25, 0.3) is 0 Å². The Labute approximate surface area is 150 Å². The molecule has 0 aliphatic rings. The Kier molecular flexibility index (Phi) is 5.10. The van der Waals surface area contributed by atoms with Gasteiger partial charge in [-0.3, -0.25) is 4.79 Å². The van der Waals surface area contributed by atoms with Gasteiger partial charge in [0.15, 0.2) is 9.84 Å². The number of carbonyl (C=O) groups excluding carboxylic acids is 1. The average Bonchev–Trinajstić information content (AvgIpc) is 3.07. The maximum absolute atomic E-state index is 12.5. The molecule has 8 heteroatoms. The van der Waals surface area contributed by atoms with E-state index < -0.39 is 9.84 Å². The molecule has 0 saturated heterocycles. The van der Waals surface area contributed by atoms with Gasteiger partial charge >= 0.3 is 0 Å². The summed E-state index contributed by atoms with van der Waals surface area (Å²) in [6.45, 7) is 2.36. The van der Waals surface area contributed by atoms with Crippen LogP contribution in [0.5, 0.6) is 0 Å². The zero-order chi connectivity index (χ0) is 17.9. The fraction of sp³-hybridized carbons (Fsp3) is 0.235. The van der Waals surface area contributed by atoms with Crippen LogP contribution in [0, 0.1) is 6.92 Å². The van der Waals surface area contributed by atoms with Gasteiger partial charge in [0.05, 0.1) is 22.4 Å². The van der Waals surface area contributed by atoms with Gasteiger partial charge in [0.2, 0.25) is 5.91 Å². The van der Waals surface area contributed by atoms with E-state index in [9.17, 15) is 13.2 Å². The Balaban J connectivity index is 1.62. The van der Waals surface area contributed by atoms with E-state index in [1.807, 2.05) is 31.2 Å². The van der Waals surface area contributed by atoms with Crippen LogP contribution in [-0.4, -0.2) is 28.8 Å². The maximum atomic E-state index is 12.5. The summed E-state index contributed by atoms with van der Waals surface area (Å²) in [5.74, 6) is -0.558. The van der Waals surface area contributed by atoms with Gasteiger partial charge in [-0.05, 0) is 24.6 Å². The molecule has 0 bridgehead atoms. The van der Waals surface area contributed by atoms with Crippen molar-refractivity contribution in [3.05, 3.63) is 53.6 Å². The van der Waals surface area contributed by atoms with Gasteiger partial charge in [-0.2, -0.15) is 8.75 Å². The predicted molar refractivity (Wildman–Crippen MR) is 97.1 cm³/mol. The summed E-state index contributed by atoms with van der Waals surface area (Å²) in [7, 11) is -3.60. The molecule has 0 aliphatic heterocycles. The van der Waals surface area contributed by atoms with Gasteiger partial charge in [-0.15, -0.1) is 0 Å². The number of nitrogens with zero attached hydrogens (tertiary/aromatic N) is 2. The van der Waals surface area contributed by atoms with E-state index in [0.29, 0.717) is 17.6 Å². The molecule has 3 rings (SSSR count). The molecule has 0 spiro atoms. The second-order valence-corrected chi connectivity index (χ2v) is 8.33. The molecule has 1 N–H and O–H groups in total. The van der Waals surface area contributed by atoms with E-state index in [-0.39, 0.29) is 23.0 Å². The van der Waals surface area contributed by atoms with Gasteiger partial charge < -0.3 is 5.32 Å². The zero-order valence-corrected chi connectivity index (χ0v) is 15.2. The van der Waals surface area contributed by atoms with Crippen LogP contribution in [0.15, 0.2) is 47.4 Å². The molecule has 3 aromatic rings. The first-order valence-electron chi connectivity index (χ1n) is 7.72. The molecule has 1 amide bonds. The van der Waals surface area contributed by atoms with Gasteiger partial charge in [0, 0.05) is 13.0 Å². The molecule has 0 fully saturated rings. The molecule has 1 heterocycles. The molecule has 25 heavy (non-hydrogen) atoms. The fourth-order valence-electron chi connectivity index (χ4n) is 2.48. The third-order valence-corrected chi connectivity index (χ3v) is 6.04. The number of aromatic nitrogens is 2. The molecule has 0 saturated carbocycles. The molecular weight excluding hydrogens is 358 g/mol. The third-order valence-electron chi connectivity index (χ3n) is 3.75. The second-order valence-electron chi connectivity index (χ2n) is 5.72. The lowest BCUT2D eigenvalue weighted by atomic mass is 10.1. The van der Waals surface area contributed by atoms with Crippen molar-refractivity contribution in [1.82, 2.24) is 14.1 Å². The largest absolute Gasteiger partial charge is 0.352 e. The number of carbonyl (C=O) groups is 1. The monoisotopic (exact) mass is 375 g/mol. The minimum Gasteiger partial charge on any atom is -0.352 e. The summed E-state index contributed by atoms with van der Waals surface area (Å²) in [5, 5.41) is 2.75. The van der Waals surface area contributed by atoms with Crippen molar-refractivity contribution in [2.45, 2.75) is 24.8 Å². The van der Waals surface area contributed by atoms with E-state index in [0.717, 1.165) is 22.9 Å². The zero-order valence-electron chi connectivity index (χ0n) is 13.6. The summed E-state index contributed by atoms with van der Waals surface area (Å²) in [5.41, 5.74) is 3.01. The van der Waals surface area contributed by atoms with E-state index in [4.69, 9.17) is 0 Å². The van der Waals surface area contributed by atoms with E-state index in [1.165, 1.54) is 6.07 Å². The third kappa shape index (κ3) is 4.21. The molecule has 0 unspecified atom stereocenters. The van der Waals surface area contributed by atoms with Crippen LogP contribution in [0.2, 0.25) is 0 Å². The number of amides is 1. The minimum atomic E-state index is -3.60. The lowest BCUT2D eigenvalue weighted by molar-refractivity contribution is -0.120. The normalized spacial score (nSPS) is 11.6. The van der Waals surface area contributed by atoms with Crippen LogP contribution in [0.25, 0.3) is 11.0 Å². The SMILES string of the molecule is Cc1cccc(CNC(=O)CCS(=O)(=O)c2cccc3nsnc23)c1. The summed E-state index contributed by atoms with van der Waals surface area (Å²) in [6, 6.07) is 12.6. The standard InChI is InChI=1S/C17H17N3O3S2/c1-12-4-2-5-13(10-12)11-18-16(21)8-9-25(22,23)15-7-3-6-14-17(15)20-24-19-14/h2-7,10H,8-9,11H2,1H3,(H,18,21). The van der Waals surface area contributed by atoms with Gasteiger partial charge in [-0.1, -0.05) is 35.9 Å². The molecule has 0 aliphatic carbocycles. The van der Waals surface area contributed by atoms with E-state index in [1.54, 1.807) is 12.1 Å². The van der Waals surface area contributed by atoms with E-state index in [2.05, 4.69) is 14.1 Å². The highest BCUT2D eigenvalue weighted by Crippen LogP contribution is 2.22. The number of benzene rings is 2. The smallest absolute Gasteiger partial charge is 0.221 e. The Morgan fingerprint density at radius 2 is 1.96 bits per heavy atom. The van der Waals surface area contributed by atoms with Crippen LogP contribution in [0.4, 0.5) is 0 Å². The number of sulfone groups is 1. The summed E-state index contributed by atoms with van der Waals surface area (Å²) >= 11 is 0.971. The van der Waals surface area contributed by atoms with Gasteiger partial charge in [0.1, 0.15) is 11.0 Å². The molecule has 1 aromatic heterocycles. The quantitative estimate of drug-likeness (QED) is 0.715. The second kappa shape index (κ2) is 7.28. The fourth-order valence-corrected chi connectivity index (χ4v) is 4.49. The van der Waals surface area contributed by atoms with Crippen molar-refractivity contribution >= 4 is 38.5 Å². The van der Waals surface area contributed by atoms with Crippen LogP contribution in [0.3, 0.4) is 0 Å². The van der Waals surface area contributed by atoms with Crippen LogP contribution in [-0.2, 0) is 21.2 Å².